The van der Waals surface area contributed by atoms with Gasteiger partial charge in [-0.1, -0.05) is 25.3 Å². The monoisotopic (exact) mass is 229 g/mol. The van der Waals surface area contributed by atoms with Gasteiger partial charge in [-0.15, -0.1) is 5.10 Å². The van der Waals surface area contributed by atoms with Gasteiger partial charge in [-0.2, -0.15) is 0 Å². The molecule has 0 atom stereocenters. The van der Waals surface area contributed by atoms with E-state index >= 15 is 0 Å². The summed E-state index contributed by atoms with van der Waals surface area (Å²) in [6.45, 7) is 8.09. The molecule has 0 fully saturated rings. The average Bonchev–Trinajstić information content (AvgIpc) is 2.51. The van der Waals surface area contributed by atoms with Crippen LogP contribution in [-0.2, 0) is 12.0 Å². The second-order valence-electron chi connectivity index (χ2n) is 4.76. The second-order valence-corrected chi connectivity index (χ2v) is 5.59. The Morgan fingerprint density at radius 1 is 1.40 bits per heavy atom. The zero-order valence-electron chi connectivity index (χ0n) is 9.82. The van der Waals surface area contributed by atoms with Crippen molar-refractivity contribution in [1.82, 2.24) is 14.5 Å². The van der Waals surface area contributed by atoms with Gasteiger partial charge in [0.2, 0.25) is 0 Å². The van der Waals surface area contributed by atoms with E-state index in [2.05, 4.69) is 35.3 Å². The predicted octanol–water partition coefficient (Wildman–Crippen LogP) is 1.26. The number of nitrogens with zero attached hydrogens (tertiary/aromatic N) is 3. The lowest BCUT2D eigenvalue weighted by Gasteiger charge is -2.19. The van der Waals surface area contributed by atoms with Crippen molar-refractivity contribution in [3.8, 4) is 0 Å². The van der Waals surface area contributed by atoms with E-state index in [1.54, 1.807) is 0 Å². The van der Waals surface area contributed by atoms with Crippen LogP contribution in [0.25, 0.3) is 0 Å². The van der Waals surface area contributed by atoms with Crippen LogP contribution in [0.5, 0.6) is 0 Å². The van der Waals surface area contributed by atoms with Crippen LogP contribution in [0.4, 0.5) is 0 Å². The Kier molecular flexibility index (Phi) is 4.19. The molecule has 5 heteroatoms. The highest BCUT2D eigenvalue weighted by Gasteiger charge is 2.22. The largest absolute Gasteiger partial charge is 0.395 e. The van der Waals surface area contributed by atoms with Crippen LogP contribution in [0.2, 0.25) is 0 Å². The first-order chi connectivity index (χ1) is 6.95. The quantitative estimate of drug-likeness (QED) is 0.844. The zero-order valence-corrected chi connectivity index (χ0v) is 10.6. The molecule has 1 heterocycles. The van der Waals surface area contributed by atoms with Crippen molar-refractivity contribution in [2.45, 2.75) is 32.7 Å². The fraction of sp³-hybridized carbons (Fsp3) is 0.800. The topological polar surface area (TPSA) is 49.2 Å². The molecule has 86 valence electrons. The molecule has 1 rings (SSSR count). The summed E-state index contributed by atoms with van der Waals surface area (Å²) in [4.78, 5) is 3.27. The number of hydrogen-bond acceptors (Lipinski definition) is 5. The minimum absolute atomic E-state index is 0.0440. The average molecular weight is 229 g/mol. The summed E-state index contributed by atoms with van der Waals surface area (Å²) in [6.07, 6.45) is 0. The second kappa shape index (κ2) is 5.01. The third kappa shape index (κ3) is 3.52. The first-order valence-corrected chi connectivity index (χ1v) is 5.83. The van der Waals surface area contributed by atoms with Crippen LogP contribution < -0.4 is 0 Å². The molecule has 0 radical (unpaired) electrons. The van der Waals surface area contributed by atoms with Gasteiger partial charge in [0.05, 0.1) is 17.2 Å². The van der Waals surface area contributed by atoms with Crippen molar-refractivity contribution in [2.75, 3.05) is 20.2 Å². The van der Waals surface area contributed by atoms with Gasteiger partial charge in [0.25, 0.3) is 0 Å². The lowest BCUT2D eigenvalue weighted by molar-refractivity contribution is 0.217. The van der Waals surface area contributed by atoms with E-state index in [-0.39, 0.29) is 12.0 Å². The Bertz CT molecular complexity index is 306. The van der Waals surface area contributed by atoms with E-state index < -0.39 is 0 Å². The van der Waals surface area contributed by atoms with E-state index in [1.807, 2.05) is 7.05 Å². The SMILES string of the molecule is CN(CCO)Cc1snnc1C(C)(C)C. The maximum atomic E-state index is 8.82. The highest BCUT2D eigenvalue weighted by molar-refractivity contribution is 7.05. The zero-order chi connectivity index (χ0) is 11.5. The number of aromatic nitrogens is 2. The normalized spacial score (nSPS) is 12.4. The molecule has 0 saturated carbocycles. The molecule has 1 aromatic rings. The highest BCUT2D eigenvalue weighted by atomic mass is 32.1. The van der Waals surface area contributed by atoms with E-state index in [0.29, 0.717) is 6.54 Å². The molecule has 0 aromatic carbocycles. The highest BCUT2D eigenvalue weighted by Crippen LogP contribution is 2.26. The molecule has 0 saturated heterocycles. The third-order valence-corrected chi connectivity index (χ3v) is 2.87. The molecule has 1 aromatic heterocycles. The number of aliphatic hydroxyl groups is 1. The van der Waals surface area contributed by atoms with Crippen LogP contribution in [0.3, 0.4) is 0 Å². The van der Waals surface area contributed by atoms with Crippen LogP contribution in [0, 0.1) is 0 Å². The molecule has 1 N–H and O–H groups in total. The molecular formula is C10H19N3OS. The first kappa shape index (κ1) is 12.5. The standard InChI is InChI=1S/C10H19N3OS/c1-10(2,3)9-8(15-12-11-9)7-13(4)5-6-14/h14H,5-7H2,1-4H3. The van der Waals surface area contributed by atoms with E-state index in [1.165, 1.54) is 16.4 Å². The third-order valence-electron chi connectivity index (χ3n) is 2.16. The van der Waals surface area contributed by atoms with Crippen molar-refractivity contribution in [1.29, 1.82) is 0 Å². The van der Waals surface area contributed by atoms with Gasteiger partial charge in [-0.3, -0.25) is 4.90 Å². The molecule has 0 bridgehead atoms. The number of rotatable bonds is 4. The lowest BCUT2D eigenvalue weighted by Crippen LogP contribution is -2.23. The predicted molar refractivity (Wildman–Crippen MR) is 62.0 cm³/mol. The minimum atomic E-state index is 0.0440. The van der Waals surface area contributed by atoms with Crippen LogP contribution in [0.1, 0.15) is 31.3 Å². The Balaban J connectivity index is 2.74. The molecular weight excluding hydrogens is 210 g/mol. The molecule has 0 unspecified atom stereocenters. The van der Waals surface area contributed by atoms with Gasteiger partial charge in [0, 0.05) is 18.5 Å². The maximum Gasteiger partial charge on any atom is 0.0854 e. The van der Waals surface area contributed by atoms with Crippen molar-refractivity contribution in [2.24, 2.45) is 0 Å². The Labute approximate surface area is 95.1 Å². The molecule has 4 nitrogen and oxygen atoms in total. The van der Waals surface area contributed by atoms with Gasteiger partial charge in [0.1, 0.15) is 0 Å². The molecule has 0 aliphatic heterocycles. The smallest absolute Gasteiger partial charge is 0.0854 e. The summed E-state index contributed by atoms with van der Waals surface area (Å²) >= 11 is 1.45. The summed E-state index contributed by atoms with van der Waals surface area (Å²) in [7, 11) is 1.99. The summed E-state index contributed by atoms with van der Waals surface area (Å²) in [5, 5.41) is 13.0. The molecule has 0 spiro atoms. The molecule has 0 aliphatic rings. The number of aliphatic hydroxyl groups excluding tert-OH is 1. The van der Waals surface area contributed by atoms with E-state index in [9.17, 15) is 0 Å². The Hall–Kier alpha value is -0.520. The number of hydrogen-bond donors (Lipinski definition) is 1. The van der Waals surface area contributed by atoms with Gasteiger partial charge < -0.3 is 5.11 Å². The Morgan fingerprint density at radius 2 is 2.07 bits per heavy atom. The summed E-state index contributed by atoms with van der Waals surface area (Å²) in [6, 6.07) is 0. The van der Waals surface area contributed by atoms with Crippen molar-refractivity contribution < 1.29 is 5.11 Å². The molecule has 0 aliphatic carbocycles. The lowest BCUT2D eigenvalue weighted by atomic mass is 9.91. The van der Waals surface area contributed by atoms with Crippen molar-refractivity contribution >= 4 is 11.5 Å². The summed E-state index contributed by atoms with van der Waals surface area (Å²) in [5.74, 6) is 0. The molecule has 15 heavy (non-hydrogen) atoms. The summed E-state index contributed by atoms with van der Waals surface area (Å²) < 4.78 is 4.00. The van der Waals surface area contributed by atoms with Crippen LogP contribution in [0.15, 0.2) is 0 Å². The number of likely N-dealkylation sites (N-methyl/N-ethyl adjacent to an activating group) is 1. The van der Waals surface area contributed by atoms with Gasteiger partial charge in [-0.25, -0.2) is 0 Å². The Morgan fingerprint density at radius 3 is 2.60 bits per heavy atom. The fourth-order valence-electron chi connectivity index (χ4n) is 1.38. The van der Waals surface area contributed by atoms with Crippen molar-refractivity contribution in [3.63, 3.8) is 0 Å². The van der Waals surface area contributed by atoms with Crippen LogP contribution >= 0.6 is 11.5 Å². The van der Waals surface area contributed by atoms with E-state index in [0.717, 1.165) is 12.2 Å². The van der Waals surface area contributed by atoms with E-state index in [4.69, 9.17) is 5.11 Å². The van der Waals surface area contributed by atoms with Gasteiger partial charge in [0.15, 0.2) is 0 Å². The first-order valence-electron chi connectivity index (χ1n) is 5.06. The van der Waals surface area contributed by atoms with Gasteiger partial charge in [-0.05, 0) is 18.6 Å². The maximum absolute atomic E-state index is 8.82. The van der Waals surface area contributed by atoms with Crippen molar-refractivity contribution in [3.05, 3.63) is 10.6 Å². The molecule has 0 amide bonds. The van der Waals surface area contributed by atoms with Crippen LogP contribution in [-0.4, -0.2) is 39.8 Å². The summed E-state index contributed by atoms with van der Waals surface area (Å²) in [5.41, 5.74) is 1.11. The van der Waals surface area contributed by atoms with Gasteiger partial charge >= 0.3 is 0 Å². The minimum Gasteiger partial charge on any atom is -0.395 e. The fourth-order valence-corrected chi connectivity index (χ4v) is 2.31.